The SMILES string of the molecule is COc1ccc(CCC(=O)Nc2ccc(C)cc2F)cc1. The van der Waals surface area contributed by atoms with E-state index >= 15 is 0 Å². The molecule has 0 aliphatic carbocycles. The molecule has 110 valence electrons. The van der Waals surface area contributed by atoms with Crippen molar-refractivity contribution in [1.29, 1.82) is 0 Å². The van der Waals surface area contributed by atoms with E-state index in [0.717, 1.165) is 16.9 Å². The molecule has 0 aromatic heterocycles. The number of carbonyl (C=O) groups excluding carboxylic acids is 1. The fourth-order valence-corrected chi connectivity index (χ4v) is 1.98. The van der Waals surface area contributed by atoms with Crippen LogP contribution in [0.25, 0.3) is 0 Å². The van der Waals surface area contributed by atoms with Gasteiger partial charge >= 0.3 is 0 Å². The highest BCUT2D eigenvalue weighted by atomic mass is 19.1. The molecule has 0 saturated heterocycles. The van der Waals surface area contributed by atoms with Gasteiger partial charge in [-0.15, -0.1) is 0 Å². The molecular weight excluding hydrogens is 269 g/mol. The summed E-state index contributed by atoms with van der Waals surface area (Å²) in [6, 6.07) is 12.3. The molecule has 0 bridgehead atoms. The van der Waals surface area contributed by atoms with E-state index in [0.29, 0.717) is 12.8 Å². The number of hydrogen-bond donors (Lipinski definition) is 1. The first kappa shape index (κ1) is 15.0. The molecule has 21 heavy (non-hydrogen) atoms. The first-order valence-electron chi connectivity index (χ1n) is 6.77. The van der Waals surface area contributed by atoms with Gasteiger partial charge in [0.1, 0.15) is 11.6 Å². The Bertz CT molecular complexity index is 623. The second kappa shape index (κ2) is 6.88. The number of nitrogens with one attached hydrogen (secondary N) is 1. The zero-order valence-electron chi connectivity index (χ0n) is 12.2. The van der Waals surface area contributed by atoms with Gasteiger partial charge < -0.3 is 10.1 Å². The van der Waals surface area contributed by atoms with Crippen molar-refractivity contribution in [2.45, 2.75) is 19.8 Å². The fraction of sp³-hybridized carbons (Fsp3) is 0.235. The number of methoxy groups -OCH3 is 1. The van der Waals surface area contributed by atoms with Gasteiger partial charge in [0.25, 0.3) is 0 Å². The van der Waals surface area contributed by atoms with Gasteiger partial charge in [-0.3, -0.25) is 4.79 Å². The molecule has 3 nitrogen and oxygen atoms in total. The Labute approximate surface area is 123 Å². The van der Waals surface area contributed by atoms with Gasteiger partial charge in [0.15, 0.2) is 0 Å². The largest absolute Gasteiger partial charge is 0.497 e. The third-order valence-corrected chi connectivity index (χ3v) is 3.20. The number of ether oxygens (including phenoxy) is 1. The molecule has 1 N–H and O–H groups in total. The van der Waals surface area contributed by atoms with E-state index in [4.69, 9.17) is 4.74 Å². The summed E-state index contributed by atoms with van der Waals surface area (Å²) >= 11 is 0. The van der Waals surface area contributed by atoms with Crippen LogP contribution < -0.4 is 10.1 Å². The molecular formula is C17H18FNO2. The highest BCUT2D eigenvalue weighted by Crippen LogP contribution is 2.16. The van der Waals surface area contributed by atoms with Gasteiger partial charge in [-0.1, -0.05) is 18.2 Å². The van der Waals surface area contributed by atoms with Crippen LogP contribution in [0.3, 0.4) is 0 Å². The minimum absolute atomic E-state index is 0.200. The highest BCUT2D eigenvalue weighted by Gasteiger charge is 2.07. The zero-order valence-corrected chi connectivity index (χ0v) is 12.2. The Hall–Kier alpha value is -2.36. The minimum Gasteiger partial charge on any atom is -0.497 e. The molecule has 0 aliphatic heterocycles. The molecule has 2 rings (SSSR count). The van der Waals surface area contributed by atoms with E-state index < -0.39 is 5.82 Å². The maximum Gasteiger partial charge on any atom is 0.224 e. The predicted molar refractivity (Wildman–Crippen MR) is 81.1 cm³/mol. The van der Waals surface area contributed by atoms with E-state index in [1.807, 2.05) is 24.3 Å². The van der Waals surface area contributed by atoms with Gasteiger partial charge in [-0.2, -0.15) is 0 Å². The molecule has 0 unspecified atom stereocenters. The summed E-state index contributed by atoms with van der Waals surface area (Å²) in [5, 5.41) is 2.59. The quantitative estimate of drug-likeness (QED) is 0.910. The topological polar surface area (TPSA) is 38.3 Å². The normalized spacial score (nSPS) is 10.2. The van der Waals surface area contributed by atoms with Crippen molar-refractivity contribution in [2.24, 2.45) is 0 Å². The van der Waals surface area contributed by atoms with Crippen molar-refractivity contribution in [3.8, 4) is 5.75 Å². The molecule has 0 atom stereocenters. The number of halogens is 1. The maximum atomic E-state index is 13.6. The van der Waals surface area contributed by atoms with Crippen LogP contribution in [0.2, 0.25) is 0 Å². The van der Waals surface area contributed by atoms with E-state index in [2.05, 4.69) is 5.32 Å². The molecule has 0 aliphatic rings. The van der Waals surface area contributed by atoms with Crippen molar-refractivity contribution in [1.82, 2.24) is 0 Å². The van der Waals surface area contributed by atoms with Crippen LogP contribution in [-0.2, 0) is 11.2 Å². The van der Waals surface area contributed by atoms with Gasteiger partial charge in [-0.25, -0.2) is 4.39 Å². The molecule has 4 heteroatoms. The third kappa shape index (κ3) is 4.31. The van der Waals surface area contributed by atoms with Crippen LogP contribution >= 0.6 is 0 Å². The smallest absolute Gasteiger partial charge is 0.224 e. The number of benzene rings is 2. The summed E-state index contributed by atoms with van der Waals surface area (Å²) < 4.78 is 18.7. The Morgan fingerprint density at radius 2 is 1.90 bits per heavy atom. The van der Waals surface area contributed by atoms with E-state index in [9.17, 15) is 9.18 Å². The van der Waals surface area contributed by atoms with Crippen LogP contribution in [0.15, 0.2) is 42.5 Å². The van der Waals surface area contributed by atoms with Crippen LogP contribution in [-0.4, -0.2) is 13.0 Å². The van der Waals surface area contributed by atoms with Crippen molar-refractivity contribution in [3.63, 3.8) is 0 Å². The Morgan fingerprint density at radius 1 is 1.19 bits per heavy atom. The van der Waals surface area contributed by atoms with Crippen LogP contribution in [0, 0.1) is 12.7 Å². The van der Waals surface area contributed by atoms with E-state index in [1.54, 1.807) is 26.2 Å². The lowest BCUT2D eigenvalue weighted by atomic mass is 10.1. The molecule has 0 heterocycles. The van der Waals surface area contributed by atoms with Crippen LogP contribution in [0.1, 0.15) is 17.5 Å². The van der Waals surface area contributed by atoms with Gasteiger partial charge in [0.2, 0.25) is 5.91 Å². The van der Waals surface area contributed by atoms with E-state index in [1.165, 1.54) is 6.07 Å². The molecule has 0 radical (unpaired) electrons. The number of amides is 1. The van der Waals surface area contributed by atoms with Crippen LogP contribution in [0.4, 0.5) is 10.1 Å². The standard InChI is InChI=1S/C17H18FNO2/c1-12-3-9-16(15(18)11-12)19-17(20)10-6-13-4-7-14(21-2)8-5-13/h3-5,7-9,11H,6,10H2,1-2H3,(H,19,20). The number of rotatable bonds is 5. The summed E-state index contributed by atoms with van der Waals surface area (Å²) in [5.41, 5.74) is 2.08. The highest BCUT2D eigenvalue weighted by molar-refractivity contribution is 5.90. The Morgan fingerprint density at radius 3 is 2.52 bits per heavy atom. The Balaban J connectivity index is 1.89. The number of anilines is 1. The lowest BCUT2D eigenvalue weighted by Gasteiger charge is -2.07. The summed E-state index contributed by atoms with van der Waals surface area (Å²) in [6.45, 7) is 1.80. The van der Waals surface area contributed by atoms with Crippen molar-refractivity contribution in [2.75, 3.05) is 12.4 Å². The van der Waals surface area contributed by atoms with Gasteiger partial charge in [0, 0.05) is 6.42 Å². The lowest BCUT2D eigenvalue weighted by molar-refractivity contribution is -0.116. The fourth-order valence-electron chi connectivity index (χ4n) is 1.98. The van der Waals surface area contributed by atoms with Gasteiger partial charge in [0.05, 0.1) is 12.8 Å². The van der Waals surface area contributed by atoms with Crippen molar-refractivity contribution >= 4 is 11.6 Å². The molecule has 0 saturated carbocycles. The van der Waals surface area contributed by atoms with Gasteiger partial charge in [-0.05, 0) is 48.7 Å². The monoisotopic (exact) mass is 287 g/mol. The minimum atomic E-state index is -0.409. The number of carbonyl (C=O) groups is 1. The molecule has 0 fully saturated rings. The number of aryl methyl sites for hydroxylation is 2. The first-order chi connectivity index (χ1) is 10.1. The molecule has 0 spiro atoms. The average Bonchev–Trinajstić information content (AvgIpc) is 2.48. The summed E-state index contributed by atoms with van der Waals surface area (Å²) in [6.07, 6.45) is 0.906. The number of hydrogen-bond acceptors (Lipinski definition) is 2. The molecule has 2 aromatic rings. The van der Waals surface area contributed by atoms with Crippen molar-refractivity contribution in [3.05, 3.63) is 59.4 Å². The summed E-state index contributed by atoms with van der Waals surface area (Å²) in [5.74, 6) is 0.172. The molecule has 1 amide bonds. The Kier molecular flexibility index (Phi) is 4.93. The third-order valence-electron chi connectivity index (χ3n) is 3.20. The second-order valence-electron chi connectivity index (χ2n) is 4.88. The summed E-state index contributed by atoms with van der Waals surface area (Å²) in [7, 11) is 1.61. The average molecular weight is 287 g/mol. The maximum absolute atomic E-state index is 13.6. The van der Waals surface area contributed by atoms with E-state index in [-0.39, 0.29) is 11.6 Å². The summed E-state index contributed by atoms with van der Waals surface area (Å²) in [4.78, 5) is 11.8. The second-order valence-corrected chi connectivity index (χ2v) is 4.88. The zero-order chi connectivity index (χ0) is 15.2. The van der Waals surface area contributed by atoms with Crippen LogP contribution in [0.5, 0.6) is 5.75 Å². The molecule has 2 aromatic carbocycles. The first-order valence-corrected chi connectivity index (χ1v) is 6.77. The lowest BCUT2D eigenvalue weighted by Crippen LogP contribution is -2.13. The predicted octanol–water partition coefficient (Wildman–Crippen LogP) is 3.71. The van der Waals surface area contributed by atoms with Crippen molar-refractivity contribution < 1.29 is 13.9 Å².